The lowest BCUT2D eigenvalue weighted by Gasteiger charge is -2.30. The molecule has 0 aliphatic heterocycles. The molecule has 0 unspecified atom stereocenters. The molecule has 40 heavy (non-hydrogen) atoms. The van der Waals surface area contributed by atoms with Gasteiger partial charge in [-0.15, -0.1) is 11.3 Å². The number of ether oxygens (including phenoxy) is 2. The van der Waals surface area contributed by atoms with Crippen molar-refractivity contribution in [3.63, 3.8) is 0 Å². The summed E-state index contributed by atoms with van der Waals surface area (Å²) in [5, 5.41) is 21.0. The number of aryl methyl sites for hydroxylation is 1. The largest absolute Gasteiger partial charge is 0.495 e. The number of pyridine rings is 1. The van der Waals surface area contributed by atoms with E-state index in [1.165, 1.54) is 29.8 Å². The zero-order valence-corrected chi connectivity index (χ0v) is 22.9. The minimum absolute atomic E-state index is 0.0237. The number of aliphatic hydroxyl groups is 1. The Kier molecular flexibility index (Phi) is 7.46. The van der Waals surface area contributed by atoms with Gasteiger partial charge in [0.1, 0.15) is 22.7 Å². The first kappa shape index (κ1) is 27.2. The smallest absolute Gasteiger partial charge is 0.412 e. The van der Waals surface area contributed by atoms with Gasteiger partial charge in [0, 0.05) is 23.1 Å². The quantitative estimate of drug-likeness (QED) is 0.248. The van der Waals surface area contributed by atoms with Gasteiger partial charge >= 0.3 is 6.09 Å². The van der Waals surface area contributed by atoms with Crippen molar-refractivity contribution in [3.05, 3.63) is 66.1 Å². The monoisotopic (exact) mass is 563 g/mol. The zero-order valence-electron chi connectivity index (χ0n) is 22.1. The van der Waals surface area contributed by atoms with Crippen molar-refractivity contribution in [1.82, 2.24) is 19.9 Å². The Bertz CT molecular complexity index is 1710. The Hall–Kier alpha value is -4.42. The van der Waals surface area contributed by atoms with Crippen molar-refractivity contribution < 1.29 is 28.9 Å². The number of rotatable bonds is 8. The minimum atomic E-state index is -1.21. The number of fused-ring (bicyclic) bond motifs is 2. The number of amides is 1. The number of aromatic nitrogens is 4. The Morgan fingerprint density at radius 3 is 2.52 bits per heavy atom. The van der Waals surface area contributed by atoms with E-state index in [2.05, 4.69) is 19.9 Å². The number of carboxylic acid groups (broad SMARTS) is 1. The molecule has 12 heteroatoms. The number of hydrogen-bond acceptors (Lipinski definition) is 9. The average molecular weight is 564 g/mol. The molecule has 2 atom stereocenters. The topological polar surface area (TPSA) is 131 Å². The maximum Gasteiger partial charge on any atom is 0.412 e. The second kappa shape index (κ2) is 11.0. The molecule has 1 amide bonds. The normalized spacial score (nSPS) is 12.8. The Labute approximate surface area is 232 Å². The second-order valence-corrected chi connectivity index (χ2v) is 10.3. The number of anilines is 1. The van der Waals surface area contributed by atoms with Crippen LogP contribution < -0.4 is 14.4 Å². The highest BCUT2D eigenvalue weighted by atomic mass is 32.1. The maximum absolute atomic E-state index is 15.2. The molecule has 5 rings (SSSR count). The van der Waals surface area contributed by atoms with Crippen molar-refractivity contribution in [1.29, 1.82) is 0 Å². The van der Waals surface area contributed by atoms with Crippen LogP contribution in [0.2, 0.25) is 0 Å². The van der Waals surface area contributed by atoms with Crippen LogP contribution in [0.15, 0.2) is 48.9 Å². The van der Waals surface area contributed by atoms with Crippen molar-refractivity contribution in [2.45, 2.75) is 39.5 Å². The summed E-state index contributed by atoms with van der Waals surface area (Å²) in [6.07, 6.45) is 2.52. The van der Waals surface area contributed by atoms with Gasteiger partial charge in [0.25, 0.3) is 0 Å². The highest BCUT2D eigenvalue weighted by Gasteiger charge is 2.29. The molecule has 0 radical (unpaired) electrons. The molecule has 206 valence electrons. The van der Waals surface area contributed by atoms with Crippen LogP contribution >= 0.6 is 11.3 Å². The average Bonchev–Trinajstić information content (AvgIpc) is 3.35. The van der Waals surface area contributed by atoms with Crippen molar-refractivity contribution >= 4 is 44.2 Å². The summed E-state index contributed by atoms with van der Waals surface area (Å²) in [5.74, 6) is 0.448. The third-order valence-electron chi connectivity index (χ3n) is 6.56. The van der Waals surface area contributed by atoms with Gasteiger partial charge < -0.3 is 19.7 Å². The number of methoxy groups -OCH3 is 1. The lowest BCUT2D eigenvalue weighted by molar-refractivity contribution is 0.167. The molecule has 5 aromatic rings. The van der Waals surface area contributed by atoms with E-state index in [1.807, 2.05) is 18.2 Å². The summed E-state index contributed by atoms with van der Waals surface area (Å²) in [6.45, 7) is 4.87. The number of benzene rings is 2. The Morgan fingerprint density at radius 1 is 1.10 bits per heavy atom. The molecule has 2 aromatic carbocycles. The van der Waals surface area contributed by atoms with Gasteiger partial charge in [-0.2, -0.15) is 0 Å². The molecule has 2 N–H and O–H groups in total. The molecule has 3 heterocycles. The summed E-state index contributed by atoms with van der Waals surface area (Å²) in [6, 6.07) is 7.64. The fraction of sp³-hybridized carbons (Fsp3) is 0.250. The molecular weight excluding hydrogens is 537 g/mol. The van der Waals surface area contributed by atoms with Crippen LogP contribution in [0.4, 0.5) is 14.9 Å². The molecule has 0 spiro atoms. The Morgan fingerprint density at radius 2 is 1.85 bits per heavy atom. The molecule has 0 aliphatic rings. The maximum atomic E-state index is 15.2. The number of nitrogens with zero attached hydrogens (tertiary/aromatic N) is 5. The summed E-state index contributed by atoms with van der Waals surface area (Å²) in [4.78, 5) is 30.4. The highest BCUT2D eigenvalue weighted by molar-refractivity contribution is 7.21. The van der Waals surface area contributed by atoms with Gasteiger partial charge in [0.15, 0.2) is 11.6 Å². The lowest BCUT2D eigenvalue weighted by atomic mass is 10.1. The van der Waals surface area contributed by atoms with E-state index in [-0.39, 0.29) is 18.0 Å². The van der Waals surface area contributed by atoms with Crippen molar-refractivity contribution in [3.8, 4) is 22.1 Å². The molecular formula is C28H26FN5O5S. The van der Waals surface area contributed by atoms with Crippen LogP contribution in [0.1, 0.15) is 25.2 Å². The lowest BCUT2D eigenvalue weighted by Crippen LogP contribution is -2.46. The van der Waals surface area contributed by atoms with Crippen molar-refractivity contribution in [2.75, 3.05) is 12.0 Å². The molecule has 0 fully saturated rings. The highest BCUT2D eigenvalue weighted by Crippen LogP contribution is 2.38. The number of hydrogen-bond donors (Lipinski definition) is 2. The fourth-order valence-electron chi connectivity index (χ4n) is 4.33. The number of halogens is 1. The van der Waals surface area contributed by atoms with Crippen LogP contribution in [0.3, 0.4) is 0 Å². The molecule has 10 nitrogen and oxygen atoms in total. The standard InChI is InChI=1S/C28H26FN5O5S/c1-14(34(28(36)37)19-10-30-16(3)31-11-19)15(2)39-24-9-25-23(8-22(24)29)33-27(40-25)21-6-17(13-35)5-18-7-20(38-4)12-32-26(18)21/h5-12,14-15,35H,13H2,1-4H3,(H,36,37)/t14-,15+/m1/s1. The van der Waals surface area contributed by atoms with E-state index >= 15 is 4.39 Å². The zero-order chi connectivity index (χ0) is 28.6. The molecule has 0 saturated carbocycles. The van der Waals surface area contributed by atoms with E-state index in [1.54, 1.807) is 40.1 Å². The summed E-state index contributed by atoms with van der Waals surface area (Å²) >= 11 is 1.33. The number of carbonyl (C=O) groups is 1. The minimum Gasteiger partial charge on any atom is -0.495 e. The number of aliphatic hydroxyl groups excluding tert-OH is 1. The van der Waals surface area contributed by atoms with Crippen LogP contribution in [0, 0.1) is 12.7 Å². The molecule has 3 aromatic heterocycles. The van der Waals surface area contributed by atoms with E-state index < -0.39 is 24.1 Å². The van der Waals surface area contributed by atoms with Gasteiger partial charge in [-0.1, -0.05) is 0 Å². The van der Waals surface area contributed by atoms with Crippen LogP contribution in [-0.2, 0) is 6.61 Å². The summed E-state index contributed by atoms with van der Waals surface area (Å²) in [5.41, 5.74) is 2.77. The first-order valence-electron chi connectivity index (χ1n) is 12.3. The predicted octanol–water partition coefficient (Wildman–Crippen LogP) is 5.59. The predicted molar refractivity (Wildman–Crippen MR) is 150 cm³/mol. The summed E-state index contributed by atoms with van der Waals surface area (Å²) in [7, 11) is 1.55. The summed E-state index contributed by atoms with van der Waals surface area (Å²) < 4.78 is 27.1. The molecule has 0 aliphatic carbocycles. The van der Waals surface area contributed by atoms with Crippen LogP contribution in [0.25, 0.3) is 31.7 Å². The first-order chi connectivity index (χ1) is 19.2. The SMILES string of the molecule is COc1cnc2c(-c3nc4cc(F)c(O[C@@H](C)[C@@H](C)N(C(=O)O)c5cnc(C)nc5)cc4s3)cc(CO)cc2c1. The van der Waals surface area contributed by atoms with Crippen LogP contribution in [-0.4, -0.2) is 55.5 Å². The van der Waals surface area contributed by atoms with Crippen LogP contribution in [0.5, 0.6) is 11.5 Å². The fourth-order valence-corrected chi connectivity index (χ4v) is 5.32. The number of thiazole rings is 1. The molecule has 0 bridgehead atoms. The van der Waals surface area contributed by atoms with Crippen molar-refractivity contribution in [2.24, 2.45) is 0 Å². The van der Waals surface area contributed by atoms with Gasteiger partial charge in [0.05, 0.1) is 59.8 Å². The Balaban J connectivity index is 1.47. The van der Waals surface area contributed by atoms with E-state index in [0.717, 1.165) is 10.3 Å². The second-order valence-electron chi connectivity index (χ2n) is 9.22. The van der Waals surface area contributed by atoms with Gasteiger partial charge in [-0.05, 0) is 44.5 Å². The first-order valence-corrected chi connectivity index (χ1v) is 13.2. The van der Waals surface area contributed by atoms with Gasteiger partial charge in [0.2, 0.25) is 0 Å². The third kappa shape index (κ3) is 5.23. The van der Waals surface area contributed by atoms with E-state index in [0.29, 0.717) is 43.4 Å². The van der Waals surface area contributed by atoms with E-state index in [4.69, 9.17) is 9.47 Å². The third-order valence-corrected chi connectivity index (χ3v) is 7.61. The molecule has 0 saturated heterocycles. The van der Waals surface area contributed by atoms with Gasteiger partial charge in [-0.25, -0.2) is 24.1 Å². The van der Waals surface area contributed by atoms with Gasteiger partial charge in [-0.3, -0.25) is 9.88 Å². The van der Waals surface area contributed by atoms with E-state index in [9.17, 15) is 15.0 Å².